The molecule has 27 heavy (non-hydrogen) atoms. The number of benzene rings is 2. The van der Waals surface area contributed by atoms with Gasteiger partial charge in [-0.2, -0.15) is 0 Å². The van der Waals surface area contributed by atoms with Crippen molar-refractivity contribution in [2.45, 2.75) is 32.1 Å². The maximum atomic E-state index is 12.6. The van der Waals surface area contributed by atoms with Gasteiger partial charge in [0.1, 0.15) is 5.75 Å². The van der Waals surface area contributed by atoms with Crippen LogP contribution in [-0.4, -0.2) is 28.0 Å². The molecule has 1 N–H and O–H groups in total. The van der Waals surface area contributed by atoms with Crippen LogP contribution in [0.5, 0.6) is 5.75 Å². The molecule has 1 aliphatic heterocycles. The number of hydrogen-bond donors (Lipinski definition) is 1. The van der Waals surface area contributed by atoms with Gasteiger partial charge >= 0.3 is 0 Å². The van der Waals surface area contributed by atoms with Gasteiger partial charge in [0.25, 0.3) is 10.0 Å². The Morgan fingerprint density at radius 2 is 1.78 bits per heavy atom. The van der Waals surface area contributed by atoms with Crippen LogP contribution in [0.25, 0.3) is 0 Å². The molecule has 0 bridgehead atoms. The Balaban J connectivity index is 1.82. The molecular weight excluding hydrogens is 364 g/mol. The third-order valence-corrected chi connectivity index (χ3v) is 5.88. The fraction of sp³-hybridized carbons (Fsp3) is 0.350. The zero-order valence-electron chi connectivity index (χ0n) is 15.9. The van der Waals surface area contributed by atoms with Gasteiger partial charge in [-0.1, -0.05) is 20.8 Å². The zero-order chi connectivity index (χ0) is 19.8. The maximum absolute atomic E-state index is 12.6. The molecular formula is C20H24N2O4S. The van der Waals surface area contributed by atoms with Crippen LogP contribution in [0.3, 0.4) is 0 Å². The minimum absolute atomic E-state index is 0.0628. The van der Waals surface area contributed by atoms with E-state index < -0.39 is 15.4 Å². The van der Waals surface area contributed by atoms with E-state index in [0.29, 0.717) is 24.4 Å². The summed E-state index contributed by atoms with van der Waals surface area (Å²) in [6.45, 7) is 6.29. The van der Waals surface area contributed by atoms with Crippen molar-refractivity contribution in [3.8, 4) is 5.75 Å². The van der Waals surface area contributed by atoms with Crippen molar-refractivity contribution >= 4 is 27.3 Å². The SMILES string of the molecule is COc1ccc(S(=O)(=O)Nc2ccc3c(c2)CCN3C(=O)C(C)(C)C)cc1. The minimum Gasteiger partial charge on any atom is -0.497 e. The lowest BCUT2D eigenvalue weighted by molar-refractivity contribution is -0.125. The lowest BCUT2D eigenvalue weighted by atomic mass is 9.94. The third kappa shape index (κ3) is 3.93. The summed E-state index contributed by atoms with van der Waals surface area (Å²) in [7, 11) is -2.17. The summed E-state index contributed by atoms with van der Waals surface area (Å²) >= 11 is 0. The summed E-state index contributed by atoms with van der Waals surface area (Å²) in [5, 5.41) is 0. The number of sulfonamides is 1. The number of carbonyl (C=O) groups excluding carboxylic acids is 1. The van der Waals surface area contributed by atoms with Crippen molar-refractivity contribution in [1.29, 1.82) is 0 Å². The molecule has 0 saturated heterocycles. The summed E-state index contributed by atoms with van der Waals surface area (Å²) in [6, 6.07) is 11.5. The average Bonchev–Trinajstić information content (AvgIpc) is 3.03. The van der Waals surface area contributed by atoms with Gasteiger partial charge in [0.2, 0.25) is 5.91 Å². The summed E-state index contributed by atoms with van der Waals surface area (Å²) in [6.07, 6.45) is 0.704. The van der Waals surface area contributed by atoms with Crippen LogP contribution < -0.4 is 14.4 Å². The lowest BCUT2D eigenvalue weighted by Crippen LogP contribution is -2.38. The van der Waals surface area contributed by atoms with Gasteiger partial charge in [0.05, 0.1) is 12.0 Å². The van der Waals surface area contributed by atoms with Gasteiger partial charge in [-0.05, 0) is 54.4 Å². The van der Waals surface area contributed by atoms with E-state index in [-0.39, 0.29) is 10.8 Å². The van der Waals surface area contributed by atoms with Gasteiger partial charge in [0.15, 0.2) is 0 Å². The Labute approximate surface area is 160 Å². The molecule has 1 aliphatic rings. The summed E-state index contributed by atoms with van der Waals surface area (Å²) < 4.78 is 32.8. The van der Waals surface area contributed by atoms with E-state index in [1.54, 1.807) is 35.2 Å². The number of nitrogens with zero attached hydrogens (tertiary/aromatic N) is 1. The van der Waals surface area contributed by atoms with Crippen molar-refractivity contribution in [1.82, 2.24) is 0 Å². The maximum Gasteiger partial charge on any atom is 0.261 e. The Morgan fingerprint density at radius 1 is 1.11 bits per heavy atom. The Hall–Kier alpha value is -2.54. The standard InChI is InChI=1S/C20H24N2O4S/c1-20(2,3)19(23)22-12-11-14-13-15(5-10-18(14)22)21-27(24,25)17-8-6-16(26-4)7-9-17/h5-10,13,21H,11-12H2,1-4H3. The van der Waals surface area contributed by atoms with Gasteiger partial charge in [-0.3, -0.25) is 9.52 Å². The van der Waals surface area contributed by atoms with E-state index in [1.807, 2.05) is 20.8 Å². The van der Waals surface area contributed by atoms with Crippen LogP contribution in [0.1, 0.15) is 26.3 Å². The van der Waals surface area contributed by atoms with Gasteiger partial charge in [-0.15, -0.1) is 0 Å². The van der Waals surface area contributed by atoms with Gasteiger partial charge in [-0.25, -0.2) is 8.42 Å². The molecule has 2 aromatic carbocycles. The molecule has 0 saturated carbocycles. The summed E-state index contributed by atoms with van der Waals surface area (Å²) in [5.41, 5.74) is 1.83. The monoisotopic (exact) mass is 388 g/mol. The zero-order valence-corrected chi connectivity index (χ0v) is 16.8. The molecule has 0 aliphatic carbocycles. The summed E-state index contributed by atoms with van der Waals surface area (Å²) in [4.78, 5) is 14.5. The quantitative estimate of drug-likeness (QED) is 0.871. The van der Waals surface area contributed by atoms with Crippen molar-refractivity contribution in [3.63, 3.8) is 0 Å². The molecule has 0 atom stereocenters. The molecule has 3 rings (SSSR count). The third-order valence-electron chi connectivity index (χ3n) is 4.48. The lowest BCUT2D eigenvalue weighted by Gasteiger charge is -2.26. The second-order valence-electron chi connectivity index (χ2n) is 7.58. The van der Waals surface area contributed by atoms with Gasteiger partial charge < -0.3 is 9.64 Å². The number of ether oxygens (including phenoxy) is 1. The van der Waals surface area contributed by atoms with Crippen LogP contribution in [0, 0.1) is 5.41 Å². The number of carbonyl (C=O) groups is 1. The minimum atomic E-state index is -3.69. The second kappa shape index (κ2) is 6.88. The van der Waals surface area contributed by atoms with Crippen LogP contribution in [0.15, 0.2) is 47.4 Å². The van der Waals surface area contributed by atoms with Crippen LogP contribution in [0.4, 0.5) is 11.4 Å². The highest BCUT2D eigenvalue weighted by atomic mass is 32.2. The van der Waals surface area contributed by atoms with E-state index in [4.69, 9.17) is 4.74 Å². The van der Waals surface area contributed by atoms with Crippen molar-refractivity contribution in [3.05, 3.63) is 48.0 Å². The highest BCUT2D eigenvalue weighted by molar-refractivity contribution is 7.92. The van der Waals surface area contributed by atoms with E-state index in [2.05, 4.69) is 4.72 Å². The highest BCUT2D eigenvalue weighted by Crippen LogP contribution is 2.34. The molecule has 1 amide bonds. The van der Waals surface area contributed by atoms with E-state index in [1.165, 1.54) is 19.2 Å². The molecule has 0 unspecified atom stereocenters. The van der Waals surface area contributed by atoms with Crippen LogP contribution in [0.2, 0.25) is 0 Å². The van der Waals surface area contributed by atoms with E-state index >= 15 is 0 Å². The Kier molecular flexibility index (Phi) is 4.90. The fourth-order valence-corrected chi connectivity index (χ4v) is 4.10. The molecule has 0 spiro atoms. The van der Waals surface area contributed by atoms with E-state index in [0.717, 1.165) is 11.3 Å². The molecule has 7 heteroatoms. The van der Waals surface area contributed by atoms with Gasteiger partial charge in [0, 0.05) is 23.3 Å². The number of amides is 1. The Morgan fingerprint density at radius 3 is 2.37 bits per heavy atom. The van der Waals surface area contributed by atoms with Crippen molar-refractivity contribution < 1.29 is 17.9 Å². The van der Waals surface area contributed by atoms with Crippen molar-refractivity contribution in [2.24, 2.45) is 5.41 Å². The first-order valence-corrected chi connectivity index (χ1v) is 10.2. The topological polar surface area (TPSA) is 75.7 Å². The molecule has 0 aromatic heterocycles. The number of hydrogen-bond acceptors (Lipinski definition) is 4. The molecule has 144 valence electrons. The normalized spacial score (nSPS) is 14.0. The van der Waals surface area contributed by atoms with Crippen LogP contribution >= 0.6 is 0 Å². The number of nitrogens with one attached hydrogen (secondary N) is 1. The smallest absolute Gasteiger partial charge is 0.261 e. The predicted molar refractivity (Wildman–Crippen MR) is 106 cm³/mol. The number of rotatable bonds is 4. The highest BCUT2D eigenvalue weighted by Gasteiger charge is 2.32. The number of methoxy groups -OCH3 is 1. The first kappa shape index (κ1) is 19.2. The summed E-state index contributed by atoms with van der Waals surface area (Å²) in [5.74, 6) is 0.655. The molecule has 2 aromatic rings. The number of fused-ring (bicyclic) bond motifs is 1. The first-order valence-electron chi connectivity index (χ1n) is 8.73. The number of anilines is 2. The fourth-order valence-electron chi connectivity index (χ4n) is 3.05. The second-order valence-corrected chi connectivity index (χ2v) is 9.26. The Bertz CT molecular complexity index is 960. The molecule has 0 fully saturated rings. The average molecular weight is 388 g/mol. The van der Waals surface area contributed by atoms with Crippen LogP contribution in [-0.2, 0) is 21.2 Å². The van der Waals surface area contributed by atoms with Crippen molar-refractivity contribution in [2.75, 3.05) is 23.3 Å². The van der Waals surface area contributed by atoms with E-state index in [9.17, 15) is 13.2 Å². The molecule has 6 nitrogen and oxygen atoms in total. The molecule has 1 heterocycles. The first-order chi connectivity index (χ1) is 12.6. The molecule has 0 radical (unpaired) electrons. The predicted octanol–water partition coefficient (Wildman–Crippen LogP) is 3.43. The largest absolute Gasteiger partial charge is 0.497 e.